The Balaban J connectivity index is 2.01. The Kier molecular flexibility index (Phi) is 5.06. The minimum atomic E-state index is -1.03. The van der Waals surface area contributed by atoms with Gasteiger partial charge >= 0.3 is 6.09 Å². The van der Waals surface area contributed by atoms with Crippen molar-refractivity contribution in [2.24, 2.45) is 5.92 Å². The molecule has 0 radical (unpaired) electrons. The van der Waals surface area contributed by atoms with Crippen molar-refractivity contribution in [2.45, 2.75) is 45.3 Å². The molecule has 0 spiro atoms. The number of hydrazine groups is 1. The van der Waals surface area contributed by atoms with Crippen LogP contribution in [0.1, 0.15) is 32.8 Å². The lowest BCUT2D eigenvalue weighted by Gasteiger charge is -2.45. The van der Waals surface area contributed by atoms with E-state index in [-0.39, 0.29) is 12.5 Å². The molecule has 2 unspecified atom stereocenters. The summed E-state index contributed by atoms with van der Waals surface area (Å²) in [6.45, 7) is 6.18. The molecule has 1 saturated heterocycles. The number of rotatable bonds is 3. The minimum absolute atomic E-state index is 0.0470. The van der Waals surface area contributed by atoms with Gasteiger partial charge in [0, 0.05) is 13.1 Å². The molecule has 0 aliphatic carbocycles. The Bertz CT molecular complexity index is 501. The van der Waals surface area contributed by atoms with Crippen LogP contribution in [0.25, 0.3) is 0 Å². The fourth-order valence-corrected chi connectivity index (χ4v) is 3.10. The summed E-state index contributed by atoms with van der Waals surface area (Å²) in [4.78, 5) is 11.5. The molecule has 1 aliphatic rings. The molecular weight excluding hydrogens is 283 g/mol. The Morgan fingerprint density at radius 3 is 2.50 bits per heavy atom. The van der Waals surface area contributed by atoms with Crippen molar-refractivity contribution in [3.63, 3.8) is 0 Å². The molecule has 1 amide bonds. The van der Waals surface area contributed by atoms with Gasteiger partial charge in [0.05, 0.1) is 5.54 Å². The second kappa shape index (κ2) is 6.65. The summed E-state index contributed by atoms with van der Waals surface area (Å²) in [6.07, 6.45) is -0.673. The van der Waals surface area contributed by atoms with Gasteiger partial charge in [0.1, 0.15) is 6.17 Å². The average Bonchev–Trinajstić information content (AvgIpc) is 2.41. The number of hydrogen-bond acceptors (Lipinski definition) is 2. The number of carbonyl (C=O) groups is 1. The fourth-order valence-electron chi connectivity index (χ4n) is 3.10. The van der Waals surface area contributed by atoms with Crippen LogP contribution in [0.4, 0.5) is 9.18 Å². The van der Waals surface area contributed by atoms with E-state index in [1.165, 1.54) is 5.01 Å². The third kappa shape index (κ3) is 3.97. The molecule has 1 N–H and O–H groups in total. The summed E-state index contributed by atoms with van der Waals surface area (Å²) in [7, 11) is 0. The summed E-state index contributed by atoms with van der Waals surface area (Å²) in [6, 6.07) is 9.90. The highest BCUT2D eigenvalue weighted by atomic mass is 19.1. The van der Waals surface area contributed by atoms with Crippen LogP contribution in [0.3, 0.4) is 0 Å². The third-order valence-electron chi connectivity index (χ3n) is 4.09. The first-order valence-corrected chi connectivity index (χ1v) is 7.75. The van der Waals surface area contributed by atoms with Gasteiger partial charge in [-0.1, -0.05) is 30.3 Å². The largest absolute Gasteiger partial charge is 0.464 e. The van der Waals surface area contributed by atoms with E-state index in [1.54, 1.807) is 5.01 Å². The van der Waals surface area contributed by atoms with Gasteiger partial charge in [0.2, 0.25) is 0 Å². The van der Waals surface area contributed by atoms with Gasteiger partial charge in [-0.3, -0.25) is 0 Å². The molecular formula is C17H25FN2O2. The first-order valence-electron chi connectivity index (χ1n) is 7.75. The molecule has 4 nitrogen and oxygen atoms in total. The number of benzene rings is 1. The van der Waals surface area contributed by atoms with Crippen molar-refractivity contribution in [1.29, 1.82) is 0 Å². The molecule has 1 aromatic carbocycles. The summed E-state index contributed by atoms with van der Waals surface area (Å²) >= 11 is 0. The van der Waals surface area contributed by atoms with Crippen molar-refractivity contribution in [2.75, 3.05) is 13.1 Å². The standard InChI is InChI=1S/C17H25FN2O2/c1-17(2,3)20(16(21)22)19-10-9-14(15(18)12-19)11-13-7-5-4-6-8-13/h4-8,14-15H,9-12H2,1-3H3,(H,21,22). The highest BCUT2D eigenvalue weighted by molar-refractivity contribution is 5.65. The van der Waals surface area contributed by atoms with Crippen LogP contribution in [0.15, 0.2) is 30.3 Å². The Morgan fingerprint density at radius 1 is 1.36 bits per heavy atom. The maximum absolute atomic E-state index is 14.5. The molecule has 2 atom stereocenters. The molecule has 0 bridgehead atoms. The van der Waals surface area contributed by atoms with E-state index in [2.05, 4.69) is 0 Å². The number of piperidine rings is 1. The molecule has 1 aliphatic heterocycles. The molecule has 0 saturated carbocycles. The second-order valence-electron chi connectivity index (χ2n) is 6.93. The summed E-state index contributed by atoms with van der Waals surface area (Å²) in [5.41, 5.74) is 0.562. The molecule has 5 heteroatoms. The molecule has 122 valence electrons. The van der Waals surface area contributed by atoms with E-state index in [0.29, 0.717) is 19.4 Å². The number of halogens is 1. The number of amides is 1. The van der Waals surface area contributed by atoms with Gasteiger partial charge < -0.3 is 5.11 Å². The van der Waals surface area contributed by atoms with Crippen molar-refractivity contribution < 1.29 is 14.3 Å². The van der Waals surface area contributed by atoms with Crippen LogP contribution in [0, 0.1) is 5.92 Å². The van der Waals surface area contributed by atoms with Crippen LogP contribution < -0.4 is 0 Å². The van der Waals surface area contributed by atoms with Gasteiger partial charge in [-0.25, -0.2) is 19.2 Å². The van der Waals surface area contributed by atoms with E-state index in [4.69, 9.17) is 0 Å². The maximum Gasteiger partial charge on any atom is 0.422 e. The van der Waals surface area contributed by atoms with Gasteiger partial charge in [0.25, 0.3) is 0 Å². The Hall–Kier alpha value is -1.62. The summed E-state index contributed by atoms with van der Waals surface area (Å²) < 4.78 is 14.5. The monoisotopic (exact) mass is 308 g/mol. The van der Waals surface area contributed by atoms with Gasteiger partial charge in [-0.15, -0.1) is 0 Å². The second-order valence-corrected chi connectivity index (χ2v) is 6.93. The first-order chi connectivity index (χ1) is 10.3. The highest BCUT2D eigenvalue weighted by Crippen LogP contribution is 2.28. The lowest BCUT2D eigenvalue weighted by molar-refractivity contribution is -0.101. The lowest BCUT2D eigenvalue weighted by Crippen LogP contribution is -2.59. The topological polar surface area (TPSA) is 43.8 Å². The molecule has 0 aromatic heterocycles. The molecule has 2 rings (SSSR count). The third-order valence-corrected chi connectivity index (χ3v) is 4.09. The predicted molar refractivity (Wildman–Crippen MR) is 84.3 cm³/mol. The number of alkyl halides is 1. The van der Waals surface area contributed by atoms with Gasteiger partial charge in [-0.2, -0.15) is 0 Å². The lowest BCUT2D eigenvalue weighted by atomic mass is 9.89. The fraction of sp³-hybridized carbons (Fsp3) is 0.588. The normalized spacial score (nSPS) is 23.3. The van der Waals surface area contributed by atoms with Crippen LogP contribution >= 0.6 is 0 Å². The van der Waals surface area contributed by atoms with Crippen molar-refractivity contribution in [1.82, 2.24) is 10.0 Å². The predicted octanol–water partition coefficient (Wildman–Crippen LogP) is 3.58. The SMILES string of the molecule is CC(C)(C)N(C(=O)O)N1CCC(Cc2ccccc2)C(F)C1. The van der Waals surface area contributed by atoms with E-state index in [1.807, 2.05) is 51.1 Å². The zero-order valence-corrected chi connectivity index (χ0v) is 13.5. The summed E-state index contributed by atoms with van der Waals surface area (Å²) in [5, 5.41) is 12.3. The Labute approximate surface area is 131 Å². The van der Waals surface area contributed by atoms with E-state index >= 15 is 0 Å². The van der Waals surface area contributed by atoms with E-state index in [0.717, 1.165) is 5.56 Å². The van der Waals surface area contributed by atoms with Crippen LogP contribution in [-0.2, 0) is 6.42 Å². The van der Waals surface area contributed by atoms with Crippen LogP contribution in [0.5, 0.6) is 0 Å². The van der Waals surface area contributed by atoms with Crippen LogP contribution in [0.2, 0.25) is 0 Å². The van der Waals surface area contributed by atoms with E-state index in [9.17, 15) is 14.3 Å². The first kappa shape index (κ1) is 16.7. The highest BCUT2D eigenvalue weighted by Gasteiger charge is 2.38. The average molecular weight is 308 g/mol. The van der Waals surface area contributed by atoms with Gasteiger partial charge in [-0.05, 0) is 45.1 Å². The zero-order chi connectivity index (χ0) is 16.3. The van der Waals surface area contributed by atoms with Gasteiger partial charge in [0.15, 0.2) is 0 Å². The maximum atomic E-state index is 14.5. The van der Waals surface area contributed by atoms with E-state index < -0.39 is 17.8 Å². The molecule has 1 aromatic rings. The number of hydrogen-bond donors (Lipinski definition) is 1. The van der Waals surface area contributed by atoms with Crippen LogP contribution in [-0.4, -0.2) is 46.0 Å². The minimum Gasteiger partial charge on any atom is -0.464 e. The molecule has 1 heterocycles. The summed E-state index contributed by atoms with van der Waals surface area (Å²) in [5.74, 6) is -0.0470. The smallest absolute Gasteiger partial charge is 0.422 e. The van der Waals surface area contributed by atoms with Crippen molar-refractivity contribution >= 4 is 6.09 Å². The van der Waals surface area contributed by atoms with Crippen molar-refractivity contribution in [3.05, 3.63) is 35.9 Å². The molecule has 22 heavy (non-hydrogen) atoms. The number of nitrogens with zero attached hydrogens (tertiary/aromatic N) is 2. The quantitative estimate of drug-likeness (QED) is 0.928. The number of carboxylic acid groups (broad SMARTS) is 1. The van der Waals surface area contributed by atoms with Crippen molar-refractivity contribution in [3.8, 4) is 0 Å². The molecule has 1 fully saturated rings. The Morgan fingerprint density at radius 2 is 2.00 bits per heavy atom. The zero-order valence-electron chi connectivity index (χ0n) is 13.5.